The van der Waals surface area contributed by atoms with Crippen molar-refractivity contribution in [2.24, 2.45) is 0 Å². The molecule has 1 N–H and O–H groups in total. The van der Waals surface area contributed by atoms with Crippen LogP contribution in [0, 0.1) is 0 Å². The van der Waals surface area contributed by atoms with Crippen LogP contribution in [0.3, 0.4) is 0 Å². The van der Waals surface area contributed by atoms with Crippen LogP contribution in [0.15, 0.2) is 24.3 Å². The molecule has 0 aromatic heterocycles. The standard InChI is InChI=1S/C10H12ClNO4S/c1-16-9-4-2-8(3-5-9)7-17(14,15)12-10(13)6-11/h2-5H,6-7H2,1H3,(H,12,13). The van der Waals surface area contributed by atoms with E-state index in [1.807, 2.05) is 4.72 Å². The van der Waals surface area contributed by atoms with Crippen molar-refractivity contribution in [3.63, 3.8) is 0 Å². The van der Waals surface area contributed by atoms with Gasteiger partial charge in [0.25, 0.3) is 0 Å². The van der Waals surface area contributed by atoms with Crippen molar-refractivity contribution < 1.29 is 17.9 Å². The second-order valence-corrected chi connectivity index (χ2v) is 5.26. The second kappa shape index (κ2) is 5.88. The zero-order valence-electron chi connectivity index (χ0n) is 9.14. The van der Waals surface area contributed by atoms with Crippen LogP contribution in [0.25, 0.3) is 0 Å². The molecule has 0 atom stereocenters. The van der Waals surface area contributed by atoms with E-state index < -0.39 is 15.9 Å². The Morgan fingerprint density at radius 3 is 2.41 bits per heavy atom. The van der Waals surface area contributed by atoms with Crippen LogP contribution < -0.4 is 9.46 Å². The third-order valence-corrected chi connectivity index (χ3v) is 3.40. The monoisotopic (exact) mass is 277 g/mol. The lowest BCUT2D eigenvalue weighted by Crippen LogP contribution is -2.32. The van der Waals surface area contributed by atoms with Gasteiger partial charge in [-0.05, 0) is 17.7 Å². The molecule has 17 heavy (non-hydrogen) atoms. The average molecular weight is 278 g/mol. The van der Waals surface area contributed by atoms with E-state index in [9.17, 15) is 13.2 Å². The molecule has 1 amide bonds. The summed E-state index contributed by atoms with van der Waals surface area (Å²) in [5.74, 6) is -0.766. The van der Waals surface area contributed by atoms with E-state index in [0.717, 1.165) is 0 Å². The van der Waals surface area contributed by atoms with Crippen LogP contribution in [0.1, 0.15) is 5.56 Å². The molecule has 94 valence electrons. The molecule has 0 saturated heterocycles. The normalized spacial score (nSPS) is 10.9. The molecule has 0 saturated carbocycles. The van der Waals surface area contributed by atoms with Crippen LogP contribution in [0.5, 0.6) is 5.75 Å². The maximum Gasteiger partial charge on any atom is 0.248 e. The summed E-state index contributed by atoms with van der Waals surface area (Å²) in [5, 5.41) is 0. The lowest BCUT2D eigenvalue weighted by atomic mass is 10.2. The summed E-state index contributed by atoms with van der Waals surface area (Å²) in [6, 6.07) is 6.52. The minimum absolute atomic E-state index is 0.278. The van der Waals surface area contributed by atoms with E-state index in [2.05, 4.69) is 0 Å². The summed E-state index contributed by atoms with van der Waals surface area (Å²) in [5.41, 5.74) is 0.556. The zero-order valence-corrected chi connectivity index (χ0v) is 10.7. The van der Waals surface area contributed by atoms with Crippen molar-refractivity contribution in [1.82, 2.24) is 4.72 Å². The van der Waals surface area contributed by atoms with E-state index in [1.165, 1.54) is 7.11 Å². The number of halogens is 1. The number of alkyl halides is 1. The van der Waals surface area contributed by atoms with Crippen LogP contribution >= 0.6 is 11.6 Å². The SMILES string of the molecule is COc1ccc(CS(=O)(=O)NC(=O)CCl)cc1. The van der Waals surface area contributed by atoms with Gasteiger partial charge in [0.1, 0.15) is 11.6 Å². The lowest BCUT2D eigenvalue weighted by Gasteiger charge is -2.06. The van der Waals surface area contributed by atoms with Gasteiger partial charge in [-0.1, -0.05) is 12.1 Å². The molecule has 0 aliphatic heterocycles. The molecule has 0 heterocycles. The largest absolute Gasteiger partial charge is 0.497 e. The minimum atomic E-state index is -3.69. The first-order chi connectivity index (χ1) is 7.96. The molecule has 0 fully saturated rings. The predicted octanol–water partition coefficient (Wildman–Crippen LogP) is 0.880. The molecule has 0 aliphatic carbocycles. The van der Waals surface area contributed by atoms with Crippen molar-refractivity contribution in [2.45, 2.75) is 5.75 Å². The molecule has 0 unspecified atom stereocenters. The quantitative estimate of drug-likeness (QED) is 0.811. The Hall–Kier alpha value is -1.27. The molecule has 0 spiro atoms. The van der Waals surface area contributed by atoms with E-state index in [-0.39, 0.29) is 11.6 Å². The minimum Gasteiger partial charge on any atom is -0.497 e. The summed E-state index contributed by atoms with van der Waals surface area (Å²) in [4.78, 5) is 10.9. The molecule has 0 bridgehead atoms. The van der Waals surface area contributed by atoms with Gasteiger partial charge in [-0.3, -0.25) is 9.52 Å². The first-order valence-corrected chi connectivity index (χ1v) is 6.88. The van der Waals surface area contributed by atoms with Crippen LogP contribution in [-0.2, 0) is 20.6 Å². The first kappa shape index (κ1) is 13.8. The molecular weight excluding hydrogens is 266 g/mol. The Balaban J connectivity index is 2.72. The molecule has 7 heteroatoms. The van der Waals surface area contributed by atoms with Crippen molar-refractivity contribution in [1.29, 1.82) is 0 Å². The van der Waals surface area contributed by atoms with Gasteiger partial charge in [-0.25, -0.2) is 8.42 Å². The number of ether oxygens (including phenoxy) is 1. The maximum atomic E-state index is 11.5. The maximum absolute atomic E-state index is 11.5. The summed E-state index contributed by atoms with van der Waals surface area (Å²) >= 11 is 5.21. The van der Waals surface area contributed by atoms with E-state index in [4.69, 9.17) is 16.3 Å². The number of hydrogen-bond acceptors (Lipinski definition) is 4. The molecule has 0 aliphatic rings. The Kier molecular flexibility index (Phi) is 4.77. The highest BCUT2D eigenvalue weighted by molar-refractivity contribution is 7.89. The Morgan fingerprint density at radius 2 is 1.94 bits per heavy atom. The van der Waals surface area contributed by atoms with E-state index >= 15 is 0 Å². The van der Waals surface area contributed by atoms with Crippen molar-refractivity contribution in [3.05, 3.63) is 29.8 Å². The fraction of sp³-hybridized carbons (Fsp3) is 0.300. The van der Waals surface area contributed by atoms with Gasteiger partial charge in [0.15, 0.2) is 0 Å². The molecule has 5 nitrogen and oxygen atoms in total. The Bertz CT molecular complexity index is 484. The van der Waals surface area contributed by atoms with E-state index in [0.29, 0.717) is 11.3 Å². The number of carbonyl (C=O) groups excluding carboxylic acids is 1. The smallest absolute Gasteiger partial charge is 0.248 e. The topological polar surface area (TPSA) is 72.5 Å². The number of benzene rings is 1. The van der Waals surface area contributed by atoms with Gasteiger partial charge < -0.3 is 4.74 Å². The molecule has 1 rings (SSSR count). The van der Waals surface area contributed by atoms with Crippen molar-refractivity contribution in [3.8, 4) is 5.75 Å². The highest BCUT2D eigenvalue weighted by Gasteiger charge is 2.14. The summed E-state index contributed by atoms with van der Waals surface area (Å²) in [6.45, 7) is 0. The van der Waals surface area contributed by atoms with Crippen molar-refractivity contribution in [2.75, 3.05) is 13.0 Å². The third-order valence-electron chi connectivity index (χ3n) is 1.91. The number of amides is 1. The van der Waals surface area contributed by atoms with Crippen LogP contribution in [-0.4, -0.2) is 27.3 Å². The number of nitrogens with one attached hydrogen (secondary N) is 1. The Morgan fingerprint density at radius 1 is 1.35 bits per heavy atom. The Labute approximate surface area is 105 Å². The number of carbonyl (C=O) groups is 1. The zero-order chi connectivity index (χ0) is 12.9. The highest BCUT2D eigenvalue weighted by atomic mass is 35.5. The molecule has 0 radical (unpaired) electrons. The first-order valence-electron chi connectivity index (χ1n) is 4.69. The number of methoxy groups -OCH3 is 1. The van der Waals surface area contributed by atoms with Gasteiger partial charge in [0.05, 0.1) is 12.9 Å². The summed E-state index contributed by atoms with van der Waals surface area (Å²) in [7, 11) is -2.17. The molecule has 1 aromatic carbocycles. The summed E-state index contributed by atoms with van der Waals surface area (Å²) in [6.07, 6.45) is 0. The predicted molar refractivity (Wildman–Crippen MR) is 64.5 cm³/mol. The van der Waals surface area contributed by atoms with Gasteiger partial charge in [-0.2, -0.15) is 0 Å². The molecule has 1 aromatic rings. The summed E-state index contributed by atoms with van der Waals surface area (Å²) < 4.78 is 29.8. The fourth-order valence-electron chi connectivity index (χ4n) is 1.18. The van der Waals surface area contributed by atoms with Gasteiger partial charge >= 0.3 is 0 Å². The van der Waals surface area contributed by atoms with Crippen LogP contribution in [0.4, 0.5) is 0 Å². The highest BCUT2D eigenvalue weighted by Crippen LogP contribution is 2.13. The third kappa shape index (κ3) is 4.62. The lowest BCUT2D eigenvalue weighted by molar-refractivity contribution is -0.116. The molecular formula is C10H12ClNO4S. The van der Waals surface area contributed by atoms with Gasteiger partial charge in [-0.15, -0.1) is 11.6 Å². The number of hydrogen-bond donors (Lipinski definition) is 1. The number of rotatable bonds is 5. The fourth-order valence-corrected chi connectivity index (χ4v) is 2.45. The van der Waals surface area contributed by atoms with E-state index in [1.54, 1.807) is 24.3 Å². The van der Waals surface area contributed by atoms with Crippen molar-refractivity contribution >= 4 is 27.5 Å². The second-order valence-electron chi connectivity index (χ2n) is 3.27. The van der Waals surface area contributed by atoms with Gasteiger partial charge in [0.2, 0.25) is 15.9 Å². The average Bonchev–Trinajstić information content (AvgIpc) is 2.28. The number of sulfonamides is 1. The van der Waals surface area contributed by atoms with Crippen LogP contribution in [0.2, 0.25) is 0 Å². The van der Waals surface area contributed by atoms with Gasteiger partial charge in [0, 0.05) is 0 Å².